The standard InChI is InChI=1S/C17H14FN5O2/c1-9-5-11(10-6-13(25-2)16(18)19-7-10)21-12-8-23(17(24)15(9)12)14-3-4-20-22-14/h3-7H,8H2,1-2H3,(H,20,22). The van der Waals surface area contributed by atoms with Crippen LogP contribution in [0.1, 0.15) is 21.6 Å². The van der Waals surface area contributed by atoms with Crippen molar-refractivity contribution < 1.29 is 13.9 Å². The Bertz CT molecular complexity index is 971. The van der Waals surface area contributed by atoms with E-state index in [0.29, 0.717) is 34.9 Å². The zero-order valence-corrected chi connectivity index (χ0v) is 13.6. The number of hydrogen-bond acceptors (Lipinski definition) is 5. The highest BCUT2D eigenvalue weighted by atomic mass is 19.1. The van der Waals surface area contributed by atoms with E-state index in [4.69, 9.17) is 4.74 Å². The molecule has 0 saturated carbocycles. The van der Waals surface area contributed by atoms with Gasteiger partial charge in [-0.05, 0) is 24.6 Å². The summed E-state index contributed by atoms with van der Waals surface area (Å²) in [5.74, 6) is -0.128. The van der Waals surface area contributed by atoms with E-state index in [2.05, 4.69) is 20.2 Å². The number of H-pyrrole nitrogens is 1. The Kier molecular flexibility index (Phi) is 3.45. The summed E-state index contributed by atoms with van der Waals surface area (Å²) in [7, 11) is 1.38. The fourth-order valence-corrected chi connectivity index (χ4v) is 2.95. The van der Waals surface area contributed by atoms with Gasteiger partial charge in [-0.3, -0.25) is 19.8 Å². The summed E-state index contributed by atoms with van der Waals surface area (Å²) in [5.41, 5.74) is 3.28. The zero-order chi connectivity index (χ0) is 17.6. The largest absolute Gasteiger partial charge is 0.492 e. The molecule has 0 fully saturated rings. The number of anilines is 1. The van der Waals surface area contributed by atoms with Gasteiger partial charge in [0, 0.05) is 17.8 Å². The van der Waals surface area contributed by atoms with Crippen molar-refractivity contribution in [3.63, 3.8) is 0 Å². The van der Waals surface area contributed by atoms with Crippen LogP contribution in [-0.2, 0) is 6.54 Å². The number of halogens is 1. The maximum atomic E-state index is 13.5. The second-order valence-corrected chi connectivity index (χ2v) is 5.70. The zero-order valence-electron chi connectivity index (χ0n) is 13.6. The molecular formula is C17H14FN5O2. The highest BCUT2D eigenvalue weighted by molar-refractivity contribution is 6.10. The third kappa shape index (κ3) is 2.42. The monoisotopic (exact) mass is 339 g/mol. The molecule has 0 spiro atoms. The van der Waals surface area contributed by atoms with E-state index < -0.39 is 5.95 Å². The first-order valence-electron chi connectivity index (χ1n) is 7.60. The van der Waals surface area contributed by atoms with Gasteiger partial charge in [0.05, 0.1) is 36.8 Å². The highest BCUT2D eigenvalue weighted by Crippen LogP contribution is 2.31. The maximum absolute atomic E-state index is 13.5. The van der Waals surface area contributed by atoms with Gasteiger partial charge in [-0.15, -0.1) is 0 Å². The van der Waals surface area contributed by atoms with Gasteiger partial charge in [-0.25, -0.2) is 4.98 Å². The lowest BCUT2D eigenvalue weighted by Gasteiger charge is -2.11. The number of rotatable bonds is 3. The molecule has 0 atom stereocenters. The Morgan fingerprint density at radius 1 is 1.36 bits per heavy atom. The summed E-state index contributed by atoms with van der Waals surface area (Å²) in [4.78, 5) is 22.5. The molecule has 1 N–H and O–H groups in total. The van der Waals surface area contributed by atoms with E-state index >= 15 is 0 Å². The Morgan fingerprint density at radius 3 is 2.92 bits per heavy atom. The molecule has 1 aliphatic rings. The van der Waals surface area contributed by atoms with Crippen molar-refractivity contribution in [1.29, 1.82) is 0 Å². The SMILES string of the molecule is COc1cc(-c2cc(C)c3c(n2)CN(c2ccn[nH]2)C3=O)cnc1F. The Balaban J connectivity index is 1.77. The number of amides is 1. The average Bonchev–Trinajstić information content (AvgIpc) is 3.23. The average molecular weight is 339 g/mol. The first kappa shape index (κ1) is 15.3. The molecule has 1 amide bonds. The molecule has 0 bridgehead atoms. The quantitative estimate of drug-likeness (QED) is 0.741. The number of aryl methyl sites for hydroxylation is 1. The maximum Gasteiger partial charge on any atom is 0.261 e. The highest BCUT2D eigenvalue weighted by Gasteiger charge is 2.32. The molecule has 4 heterocycles. The second kappa shape index (κ2) is 5.66. The van der Waals surface area contributed by atoms with Crippen molar-refractivity contribution in [2.75, 3.05) is 12.0 Å². The van der Waals surface area contributed by atoms with Gasteiger partial charge in [0.15, 0.2) is 5.75 Å². The molecule has 126 valence electrons. The van der Waals surface area contributed by atoms with Gasteiger partial charge in [-0.1, -0.05) is 0 Å². The van der Waals surface area contributed by atoms with Crippen LogP contribution in [0.25, 0.3) is 11.3 Å². The smallest absolute Gasteiger partial charge is 0.261 e. The van der Waals surface area contributed by atoms with Crippen molar-refractivity contribution >= 4 is 11.7 Å². The predicted octanol–water partition coefficient (Wildman–Crippen LogP) is 2.48. The molecule has 3 aromatic rings. The molecule has 4 rings (SSSR count). The Labute approximate surface area is 142 Å². The molecule has 25 heavy (non-hydrogen) atoms. The number of nitrogens with one attached hydrogen (secondary N) is 1. The van der Waals surface area contributed by atoms with Gasteiger partial charge in [0.1, 0.15) is 5.82 Å². The van der Waals surface area contributed by atoms with Crippen molar-refractivity contribution in [2.45, 2.75) is 13.5 Å². The molecule has 0 aromatic carbocycles. The van der Waals surface area contributed by atoms with E-state index in [1.165, 1.54) is 13.3 Å². The fraction of sp³-hybridized carbons (Fsp3) is 0.176. The molecule has 1 aliphatic heterocycles. The molecule has 3 aromatic heterocycles. The molecule has 0 saturated heterocycles. The molecule has 0 unspecified atom stereocenters. The Hall–Kier alpha value is -3.29. The van der Waals surface area contributed by atoms with Crippen LogP contribution in [0.4, 0.5) is 10.2 Å². The van der Waals surface area contributed by atoms with Gasteiger partial charge in [0.2, 0.25) is 0 Å². The van der Waals surface area contributed by atoms with Crippen molar-refractivity contribution in [2.24, 2.45) is 0 Å². The van der Waals surface area contributed by atoms with E-state index in [0.717, 1.165) is 5.56 Å². The lowest BCUT2D eigenvalue weighted by molar-refractivity contribution is 0.0995. The molecule has 0 aliphatic carbocycles. The van der Waals surface area contributed by atoms with Gasteiger partial charge < -0.3 is 4.74 Å². The third-order valence-electron chi connectivity index (χ3n) is 4.16. The minimum Gasteiger partial charge on any atom is -0.492 e. The Morgan fingerprint density at radius 2 is 2.20 bits per heavy atom. The molecular weight excluding hydrogens is 325 g/mol. The number of carbonyl (C=O) groups excluding carboxylic acids is 1. The first-order chi connectivity index (χ1) is 12.1. The normalized spacial score (nSPS) is 13.2. The summed E-state index contributed by atoms with van der Waals surface area (Å²) >= 11 is 0. The predicted molar refractivity (Wildman–Crippen MR) is 87.8 cm³/mol. The number of aromatic amines is 1. The molecule has 8 heteroatoms. The number of pyridine rings is 2. The van der Waals surface area contributed by atoms with E-state index in [1.807, 2.05) is 6.92 Å². The van der Waals surface area contributed by atoms with E-state index in [1.54, 1.807) is 29.3 Å². The lowest BCUT2D eigenvalue weighted by atomic mass is 10.1. The van der Waals surface area contributed by atoms with Crippen LogP contribution in [0.15, 0.2) is 30.6 Å². The van der Waals surface area contributed by atoms with E-state index in [-0.39, 0.29) is 11.7 Å². The van der Waals surface area contributed by atoms with E-state index in [9.17, 15) is 9.18 Å². The lowest BCUT2D eigenvalue weighted by Crippen LogP contribution is -2.23. The number of ether oxygens (including phenoxy) is 1. The van der Waals surface area contributed by atoms with Crippen molar-refractivity contribution in [3.05, 3.63) is 53.4 Å². The molecule has 0 radical (unpaired) electrons. The van der Waals surface area contributed by atoms with Crippen LogP contribution in [0.3, 0.4) is 0 Å². The summed E-state index contributed by atoms with van der Waals surface area (Å²) in [5, 5.41) is 6.67. The van der Waals surface area contributed by atoms with Crippen LogP contribution in [0, 0.1) is 12.9 Å². The topological polar surface area (TPSA) is 84.0 Å². The number of carbonyl (C=O) groups is 1. The van der Waals surface area contributed by atoms with Crippen LogP contribution < -0.4 is 9.64 Å². The van der Waals surface area contributed by atoms with Gasteiger partial charge >= 0.3 is 0 Å². The second-order valence-electron chi connectivity index (χ2n) is 5.70. The van der Waals surface area contributed by atoms with Crippen molar-refractivity contribution in [1.82, 2.24) is 20.2 Å². The summed E-state index contributed by atoms with van der Waals surface area (Å²) in [6.07, 6.45) is 2.99. The number of methoxy groups -OCH3 is 1. The minimum absolute atomic E-state index is 0.0487. The van der Waals surface area contributed by atoms with Gasteiger partial charge in [-0.2, -0.15) is 9.49 Å². The number of hydrogen-bond donors (Lipinski definition) is 1. The third-order valence-corrected chi connectivity index (χ3v) is 4.16. The molecule has 7 nitrogen and oxygen atoms in total. The summed E-state index contributed by atoms with van der Waals surface area (Å²) in [6, 6.07) is 5.07. The van der Waals surface area contributed by atoms with Crippen LogP contribution >= 0.6 is 0 Å². The van der Waals surface area contributed by atoms with Crippen LogP contribution in [0.5, 0.6) is 5.75 Å². The van der Waals surface area contributed by atoms with Crippen molar-refractivity contribution in [3.8, 4) is 17.0 Å². The first-order valence-corrected chi connectivity index (χ1v) is 7.60. The van der Waals surface area contributed by atoms with Crippen LogP contribution in [0.2, 0.25) is 0 Å². The fourth-order valence-electron chi connectivity index (χ4n) is 2.95. The summed E-state index contributed by atoms with van der Waals surface area (Å²) in [6.45, 7) is 2.20. The number of aromatic nitrogens is 4. The minimum atomic E-state index is -0.676. The summed E-state index contributed by atoms with van der Waals surface area (Å²) < 4.78 is 18.5. The van der Waals surface area contributed by atoms with Crippen LogP contribution in [-0.4, -0.2) is 33.2 Å². The number of fused-ring (bicyclic) bond motifs is 1. The van der Waals surface area contributed by atoms with Gasteiger partial charge in [0.25, 0.3) is 11.9 Å². The number of nitrogens with zero attached hydrogens (tertiary/aromatic N) is 4.